The minimum atomic E-state index is -0.266. The number of ether oxygens (including phenoxy) is 1. The minimum absolute atomic E-state index is 0. The summed E-state index contributed by atoms with van der Waals surface area (Å²) in [5.74, 6) is -0.246. The fraction of sp³-hybridized carbons (Fsp3) is 0.529. The van der Waals surface area contributed by atoms with Crippen molar-refractivity contribution in [2.45, 2.75) is 44.2 Å². The summed E-state index contributed by atoms with van der Waals surface area (Å²) in [6, 6.07) is 9.66. The molecule has 3 unspecified atom stereocenters. The quantitative estimate of drug-likeness (QED) is 0.779. The lowest BCUT2D eigenvalue weighted by atomic mass is 10.00. The van der Waals surface area contributed by atoms with E-state index in [-0.39, 0.29) is 48.7 Å². The molecule has 3 N–H and O–H groups in total. The van der Waals surface area contributed by atoms with Crippen LogP contribution in [0, 0.1) is 5.92 Å². The first-order valence-corrected chi connectivity index (χ1v) is 7.78. The molecule has 5 nitrogen and oxygen atoms in total. The molecule has 0 heterocycles. The summed E-state index contributed by atoms with van der Waals surface area (Å²) in [6.45, 7) is 0. The van der Waals surface area contributed by atoms with Crippen molar-refractivity contribution in [3.63, 3.8) is 0 Å². The number of methoxy groups -OCH3 is 1. The van der Waals surface area contributed by atoms with Crippen LogP contribution in [0.4, 0.5) is 0 Å². The highest BCUT2D eigenvalue weighted by atomic mass is 35.5. The van der Waals surface area contributed by atoms with Crippen molar-refractivity contribution in [2.24, 2.45) is 11.7 Å². The Morgan fingerprint density at radius 3 is 2.57 bits per heavy atom. The second-order valence-electron chi connectivity index (χ2n) is 5.86. The van der Waals surface area contributed by atoms with Gasteiger partial charge in [-0.1, -0.05) is 30.3 Å². The number of benzene rings is 1. The maximum atomic E-state index is 12.4. The highest BCUT2D eigenvalue weighted by Gasteiger charge is 2.29. The number of nitrogens with two attached hydrogens (primary N) is 1. The van der Waals surface area contributed by atoms with Crippen molar-refractivity contribution in [3.05, 3.63) is 35.9 Å². The molecule has 1 fully saturated rings. The van der Waals surface area contributed by atoms with Gasteiger partial charge in [-0.15, -0.1) is 12.4 Å². The smallest absolute Gasteiger partial charge is 0.305 e. The second kappa shape index (κ2) is 9.53. The van der Waals surface area contributed by atoms with E-state index in [4.69, 9.17) is 5.73 Å². The average Bonchev–Trinajstić information content (AvgIpc) is 2.98. The summed E-state index contributed by atoms with van der Waals surface area (Å²) in [4.78, 5) is 23.8. The molecule has 128 valence electrons. The maximum Gasteiger partial charge on any atom is 0.305 e. The van der Waals surface area contributed by atoms with Crippen molar-refractivity contribution < 1.29 is 14.3 Å². The molecular formula is C17H25ClN2O3. The number of carbonyl (C=O) groups is 2. The third-order valence-corrected chi connectivity index (χ3v) is 4.23. The summed E-state index contributed by atoms with van der Waals surface area (Å²) in [5, 5.41) is 3.07. The predicted molar refractivity (Wildman–Crippen MR) is 91.1 cm³/mol. The van der Waals surface area contributed by atoms with Gasteiger partial charge in [-0.25, -0.2) is 0 Å². The van der Waals surface area contributed by atoms with Gasteiger partial charge in [0, 0.05) is 18.4 Å². The predicted octanol–water partition coefficient (Wildman–Crippen LogP) is 2.35. The van der Waals surface area contributed by atoms with Gasteiger partial charge in [-0.2, -0.15) is 0 Å². The molecule has 1 saturated carbocycles. The first-order valence-electron chi connectivity index (χ1n) is 7.78. The zero-order valence-electron chi connectivity index (χ0n) is 13.4. The third kappa shape index (κ3) is 5.84. The molecule has 1 amide bonds. The fourth-order valence-corrected chi connectivity index (χ4v) is 2.92. The van der Waals surface area contributed by atoms with E-state index in [1.54, 1.807) is 0 Å². The van der Waals surface area contributed by atoms with Crippen molar-refractivity contribution >= 4 is 24.3 Å². The number of hydrogen-bond donors (Lipinski definition) is 2. The van der Waals surface area contributed by atoms with Crippen molar-refractivity contribution in [1.82, 2.24) is 5.32 Å². The summed E-state index contributed by atoms with van der Waals surface area (Å²) in [7, 11) is 1.37. The van der Waals surface area contributed by atoms with Crippen LogP contribution in [0.2, 0.25) is 0 Å². The third-order valence-electron chi connectivity index (χ3n) is 4.23. The molecule has 0 radical (unpaired) electrons. The molecular weight excluding hydrogens is 316 g/mol. The molecule has 1 aliphatic rings. The zero-order valence-corrected chi connectivity index (χ0v) is 14.2. The van der Waals surface area contributed by atoms with Crippen LogP contribution >= 0.6 is 12.4 Å². The Balaban J connectivity index is 0.00000264. The van der Waals surface area contributed by atoms with E-state index in [1.807, 2.05) is 30.3 Å². The van der Waals surface area contributed by atoms with Gasteiger partial charge < -0.3 is 15.8 Å². The number of nitrogens with one attached hydrogen (secondary N) is 1. The van der Waals surface area contributed by atoms with Gasteiger partial charge in [-0.05, 0) is 31.2 Å². The van der Waals surface area contributed by atoms with E-state index in [0.717, 1.165) is 24.8 Å². The van der Waals surface area contributed by atoms with Crippen molar-refractivity contribution in [2.75, 3.05) is 7.11 Å². The number of halogens is 1. The van der Waals surface area contributed by atoms with E-state index in [0.29, 0.717) is 6.42 Å². The topological polar surface area (TPSA) is 81.4 Å². The molecule has 23 heavy (non-hydrogen) atoms. The van der Waals surface area contributed by atoms with Gasteiger partial charge in [0.05, 0.1) is 13.2 Å². The molecule has 1 aromatic rings. The van der Waals surface area contributed by atoms with Crippen LogP contribution < -0.4 is 11.1 Å². The van der Waals surface area contributed by atoms with Crippen LogP contribution in [-0.2, 0) is 14.3 Å². The van der Waals surface area contributed by atoms with Crippen molar-refractivity contribution in [3.8, 4) is 0 Å². The highest BCUT2D eigenvalue weighted by Crippen LogP contribution is 2.26. The number of hydrogen-bond acceptors (Lipinski definition) is 4. The largest absolute Gasteiger partial charge is 0.469 e. The van der Waals surface area contributed by atoms with E-state index in [2.05, 4.69) is 10.1 Å². The standard InChI is InChI=1S/C17H24N2O3.ClH/c1-22-16(20)10-9-15(12-5-3-2-4-6-12)19-17(21)13-7-8-14(18)11-13;/h2-6,13-15H,7-11,18H2,1H3,(H,19,21);1H. The van der Waals surface area contributed by atoms with Crippen LogP contribution in [0.25, 0.3) is 0 Å². The van der Waals surface area contributed by atoms with Gasteiger partial charge in [0.1, 0.15) is 0 Å². The fourth-order valence-electron chi connectivity index (χ4n) is 2.92. The van der Waals surface area contributed by atoms with Gasteiger partial charge in [0.2, 0.25) is 5.91 Å². The van der Waals surface area contributed by atoms with E-state index in [9.17, 15) is 9.59 Å². The summed E-state index contributed by atoms with van der Waals surface area (Å²) >= 11 is 0. The molecule has 1 aromatic carbocycles. The Labute approximate surface area is 143 Å². The Hall–Kier alpha value is -1.59. The van der Waals surface area contributed by atoms with Gasteiger partial charge in [-0.3, -0.25) is 9.59 Å². The van der Waals surface area contributed by atoms with E-state index >= 15 is 0 Å². The lowest BCUT2D eigenvalue weighted by molar-refractivity contribution is -0.141. The van der Waals surface area contributed by atoms with Crippen LogP contribution in [0.15, 0.2) is 30.3 Å². The number of carbonyl (C=O) groups excluding carboxylic acids is 2. The Morgan fingerprint density at radius 1 is 1.30 bits per heavy atom. The lowest BCUT2D eigenvalue weighted by Gasteiger charge is -2.21. The maximum absolute atomic E-state index is 12.4. The Kier molecular flexibility index (Phi) is 8.06. The molecule has 3 atom stereocenters. The zero-order chi connectivity index (χ0) is 15.9. The molecule has 1 aliphatic carbocycles. The van der Waals surface area contributed by atoms with E-state index < -0.39 is 0 Å². The second-order valence-corrected chi connectivity index (χ2v) is 5.86. The van der Waals surface area contributed by atoms with Crippen molar-refractivity contribution in [1.29, 1.82) is 0 Å². The summed E-state index contributed by atoms with van der Waals surface area (Å²) < 4.78 is 4.69. The Morgan fingerprint density at radius 2 is 2.00 bits per heavy atom. The van der Waals surface area contributed by atoms with Gasteiger partial charge in [0.15, 0.2) is 0 Å². The first kappa shape index (κ1) is 19.5. The monoisotopic (exact) mass is 340 g/mol. The SMILES string of the molecule is COC(=O)CCC(NC(=O)C1CCC(N)C1)c1ccccc1.Cl. The number of esters is 1. The van der Waals surface area contributed by atoms with Crippen LogP contribution in [0.3, 0.4) is 0 Å². The minimum Gasteiger partial charge on any atom is -0.469 e. The van der Waals surface area contributed by atoms with Gasteiger partial charge >= 0.3 is 5.97 Å². The highest BCUT2D eigenvalue weighted by molar-refractivity contribution is 5.85. The Bertz CT molecular complexity index is 510. The normalized spacial score (nSPS) is 21.1. The molecule has 0 saturated heterocycles. The average molecular weight is 341 g/mol. The van der Waals surface area contributed by atoms with Crippen LogP contribution in [0.5, 0.6) is 0 Å². The molecule has 0 bridgehead atoms. The number of amides is 1. The molecule has 6 heteroatoms. The molecule has 0 aromatic heterocycles. The van der Waals surface area contributed by atoms with E-state index in [1.165, 1.54) is 7.11 Å². The summed E-state index contributed by atoms with van der Waals surface area (Å²) in [5.41, 5.74) is 6.88. The molecule has 0 spiro atoms. The first-order chi connectivity index (χ1) is 10.6. The molecule has 0 aliphatic heterocycles. The van der Waals surface area contributed by atoms with Gasteiger partial charge in [0.25, 0.3) is 0 Å². The van der Waals surface area contributed by atoms with Crippen LogP contribution in [-0.4, -0.2) is 25.0 Å². The lowest BCUT2D eigenvalue weighted by Crippen LogP contribution is -2.34. The van der Waals surface area contributed by atoms with Crippen LogP contribution in [0.1, 0.15) is 43.7 Å². The number of rotatable bonds is 6. The molecule has 2 rings (SSSR count). The summed E-state index contributed by atoms with van der Waals surface area (Å²) in [6.07, 6.45) is 3.29.